The molecule has 1 aliphatic rings. The monoisotopic (exact) mass is 150 g/mol. The van der Waals surface area contributed by atoms with Crippen LogP contribution in [0.4, 0.5) is 0 Å². The van der Waals surface area contributed by atoms with Crippen LogP contribution in [0.25, 0.3) is 0 Å². The summed E-state index contributed by atoms with van der Waals surface area (Å²) in [7, 11) is 0. The smallest absolute Gasteiger partial charge is 0.0676 e. The molecule has 2 heteroatoms. The largest absolute Gasteiger partial charge is 0.267 e. The number of hydrogen-bond donors (Lipinski definition) is 0. The molecule has 0 bridgehead atoms. The summed E-state index contributed by atoms with van der Waals surface area (Å²) in [5, 5.41) is 6.11. The van der Waals surface area contributed by atoms with E-state index in [9.17, 15) is 0 Å². The first-order chi connectivity index (χ1) is 5.24. The Labute approximate surface area is 67.9 Å². The van der Waals surface area contributed by atoms with E-state index in [1.807, 2.05) is 18.1 Å². The van der Waals surface area contributed by atoms with E-state index in [0.29, 0.717) is 6.04 Å². The second-order valence-corrected chi connectivity index (χ2v) is 2.72. The zero-order valence-corrected chi connectivity index (χ0v) is 7.28. The van der Waals surface area contributed by atoms with Gasteiger partial charge in [0.25, 0.3) is 0 Å². The number of rotatable bonds is 1. The van der Waals surface area contributed by atoms with Gasteiger partial charge in [0, 0.05) is 12.4 Å². The van der Waals surface area contributed by atoms with E-state index < -0.39 is 0 Å². The molecule has 11 heavy (non-hydrogen) atoms. The first-order valence-electron chi connectivity index (χ1n) is 3.87. The van der Waals surface area contributed by atoms with Gasteiger partial charge in [0.05, 0.1) is 6.04 Å². The van der Waals surface area contributed by atoms with Crippen molar-refractivity contribution < 1.29 is 0 Å². The maximum Gasteiger partial charge on any atom is 0.0676 e. The molecule has 1 rings (SSSR count). The molecular formula is C9H14N2. The van der Waals surface area contributed by atoms with Crippen molar-refractivity contribution in [1.82, 2.24) is 5.01 Å². The van der Waals surface area contributed by atoms with E-state index in [4.69, 9.17) is 0 Å². The Kier molecular flexibility index (Phi) is 2.47. The molecule has 1 aliphatic heterocycles. The normalized spacial score (nSPS) is 24.5. The van der Waals surface area contributed by atoms with Crippen LogP contribution in [0.15, 0.2) is 29.0 Å². The zero-order valence-electron chi connectivity index (χ0n) is 7.28. The maximum absolute atomic E-state index is 4.18. The highest BCUT2D eigenvalue weighted by Gasteiger charge is 2.08. The summed E-state index contributed by atoms with van der Waals surface area (Å²) < 4.78 is 0. The molecule has 0 aromatic heterocycles. The minimum atomic E-state index is 0.385. The maximum atomic E-state index is 4.18. The van der Waals surface area contributed by atoms with Crippen molar-refractivity contribution in [2.24, 2.45) is 5.10 Å². The Morgan fingerprint density at radius 3 is 2.91 bits per heavy atom. The van der Waals surface area contributed by atoms with Crippen molar-refractivity contribution in [3.8, 4) is 0 Å². The zero-order chi connectivity index (χ0) is 8.27. The highest BCUT2D eigenvalue weighted by atomic mass is 15.4. The summed E-state index contributed by atoms with van der Waals surface area (Å²) in [4.78, 5) is 0. The topological polar surface area (TPSA) is 15.6 Å². The van der Waals surface area contributed by atoms with Crippen LogP contribution in [0, 0.1) is 0 Å². The Morgan fingerprint density at radius 2 is 2.36 bits per heavy atom. The minimum Gasteiger partial charge on any atom is -0.267 e. The Bertz CT molecular complexity index is 214. The van der Waals surface area contributed by atoms with Gasteiger partial charge in [-0.1, -0.05) is 11.6 Å². The molecule has 1 unspecified atom stereocenters. The lowest BCUT2D eigenvalue weighted by Gasteiger charge is -2.23. The molecular weight excluding hydrogens is 136 g/mol. The van der Waals surface area contributed by atoms with E-state index in [1.165, 1.54) is 5.57 Å². The van der Waals surface area contributed by atoms with Crippen LogP contribution < -0.4 is 0 Å². The lowest BCUT2D eigenvalue weighted by Crippen LogP contribution is -2.23. The van der Waals surface area contributed by atoms with Crippen LogP contribution in [0.1, 0.15) is 20.8 Å². The van der Waals surface area contributed by atoms with Gasteiger partial charge in [-0.05, 0) is 26.8 Å². The fraction of sp³-hybridized carbons (Fsp3) is 0.444. The van der Waals surface area contributed by atoms with Gasteiger partial charge in [-0.3, -0.25) is 5.01 Å². The van der Waals surface area contributed by atoms with Gasteiger partial charge in [-0.15, -0.1) is 0 Å². The van der Waals surface area contributed by atoms with Gasteiger partial charge in [-0.2, -0.15) is 5.10 Å². The third kappa shape index (κ3) is 1.93. The molecule has 1 heterocycles. The second-order valence-electron chi connectivity index (χ2n) is 2.72. The first kappa shape index (κ1) is 8.05. The van der Waals surface area contributed by atoms with Gasteiger partial charge >= 0.3 is 0 Å². The first-order valence-corrected chi connectivity index (χ1v) is 3.87. The van der Waals surface area contributed by atoms with Crippen molar-refractivity contribution in [3.05, 3.63) is 23.9 Å². The highest BCUT2D eigenvalue weighted by molar-refractivity contribution is 5.53. The van der Waals surface area contributed by atoms with E-state index >= 15 is 0 Å². The van der Waals surface area contributed by atoms with Crippen LogP contribution in [0.2, 0.25) is 0 Å². The van der Waals surface area contributed by atoms with Crippen molar-refractivity contribution >= 4 is 6.21 Å². The summed E-state index contributed by atoms with van der Waals surface area (Å²) in [6.07, 6.45) is 8.05. The summed E-state index contributed by atoms with van der Waals surface area (Å²) in [6.45, 7) is 6.14. The molecule has 0 fully saturated rings. The number of hydrazone groups is 1. The highest BCUT2D eigenvalue weighted by Crippen LogP contribution is 2.12. The Balaban J connectivity index is 2.69. The van der Waals surface area contributed by atoms with E-state index in [1.54, 1.807) is 6.21 Å². The molecule has 0 aromatic carbocycles. The summed E-state index contributed by atoms with van der Waals surface area (Å²) in [5.74, 6) is 0. The molecule has 0 N–H and O–H groups in total. The van der Waals surface area contributed by atoms with Crippen molar-refractivity contribution in [2.45, 2.75) is 26.8 Å². The van der Waals surface area contributed by atoms with Gasteiger partial charge < -0.3 is 0 Å². The van der Waals surface area contributed by atoms with Crippen LogP contribution in [0.3, 0.4) is 0 Å². The van der Waals surface area contributed by atoms with Gasteiger partial charge in [0.15, 0.2) is 0 Å². The quantitative estimate of drug-likeness (QED) is 0.523. The lowest BCUT2D eigenvalue weighted by molar-refractivity contribution is 0.351. The molecule has 0 aromatic rings. The molecule has 0 aliphatic carbocycles. The van der Waals surface area contributed by atoms with Crippen molar-refractivity contribution in [1.29, 1.82) is 0 Å². The van der Waals surface area contributed by atoms with Crippen LogP contribution in [-0.2, 0) is 0 Å². The third-order valence-corrected chi connectivity index (χ3v) is 1.66. The molecule has 0 amide bonds. The predicted octanol–water partition coefficient (Wildman–Crippen LogP) is 2.16. The fourth-order valence-electron chi connectivity index (χ4n) is 1.12. The molecule has 1 atom stereocenters. The van der Waals surface area contributed by atoms with E-state index in [0.717, 1.165) is 0 Å². The lowest BCUT2D eigenvalue weighted by atomic mass is 10.1. The minimum absolute atomic E-state index is 0.385. The molecule has 60 valence electrons. The van der Waals surface area contributed by atoms with Crippen molar-refractivity contribution in [3.63, 3.8) is 0 Å². The standard InChI is InChI=1S/C9H14N2/c1-4-10-11-6-5-8(2)7-9(11)3/h4-7,9H,1-3H3/b10-4-. The molecule has 0 spiro atoms. The summed E-state index contributed by atoms with van der Waals surface area (Å²) >= 11 is 0. The van der Waals surface area contributed by atoms with Crippen molar-refractivity contribution in [2.75, 3.05) is 0 Å². The fourth-order valence-corrected chi connectivity index (χ4v) is 1.12. The number of allylic oxidation sites excluding steroid dienone is 2. The predicted molar refractivity (Wildman–Crippen MR) is 48.4 cm³/mol. The van der Waals surface area contributed by atoms with E-state index in [-0.39, 0.29) is 0 Å². The van der Waals surface area contributed by atoms with Crippen LogP contribution in [-0.4, -0.2) is 17.3 Å². The summed E-state index contributed by atoms with van der Waals surface area (Å²) in [6, 6.07) is 0.385. The number of hydrogen-bond acceptors (Lipinski definition) is 2. The van der Waals surface area contributed by atoms with Gasteiger partial charge in [-0.25, -0.2) is 0 Å². The average molecular weight is 150 g/mol. The molecule has 0 saturated heterocycles. The Hall–Kier alpha value is -1.05. The van der Waals surface area contributed by atoms with Crippen LogP contribution in [0.5, 0.6) is 0 Å². The summed E-state index contributed by atoms with van der Waals surface area (Å²) in [5.41, 5.74) is 1.31. The average Bonchev–Trinajstić information content (AvgIpc) is 1.95. The molecule has 0 saturated carbocycles. The SMILES string of the molecule is C/C=N\N1C=CC(C)=CC1C. The van der Waals surface area contributed by atoms with Gasteiger partial charge in [0.2, 0.25) is 0 Å². The third-order valence-electron chi connectivity index (χ3n) is 1.66. The molecule has 2 nitrogen and oxygen atoms in total. The molecule has 0 radical (unpaired) electrons. The van der Waals surface area contributed by atoms with E-state index in [2.05, 4.69) is 31.1 Å². The number of nitrogens with zero attached hydrogens (tertiary/aromatic N) is 2. The Morgan fingerprint density at radius 1 is 1.64 bits per heavy atom. The second kappa shape index (κ2) is 3.37. The van der Waals surface area contributed by atoms with Crippen LogP contribution >= 0.6 is 0 Å². The van der Waals surface area contributed by atoms with Gasteiger partial charge in [0.1, 0.15) is 0 Å².